The largest absolute Gasteiger partial charge is 0.0844 e. The van der Waals surface area contributed by atoms with Crippen molar-refractivity contribution in [1.82, 2.24) is 0 Å². The van der Waals surface area contributed by atoms with Crippen LogP contribution in [0.15, 0.2) is 11.6 Å². The maximum absolute atomic E-state index is 2.52. The van der Waals surface area contributed by atoms with Crippen molar-refractivity contribution in [3.05, 3.63) is 11.6 Å². The highest BCUT2D eigenvalue weighted by atomic mass is 14.8. The second kappa shape index (κ2) is 3.12. The van der Waals surface area contributed by atoms with Crippen LogP contribution in [-0.4, -0.2) is 0 Å². The average Bonchev–Trinajstić information content (AvgIpc) is 2.54. The zero-order chi connectivity index (χ0) is 10.4. The van der Waals surface area contributed by atoms with E-state index >= 15 is 0 Å². The van der Waals surface area contributed by atoms with E-state index in [-0.39, 0.29) is 0 Å². The van der Waals surface area contributed by atoms with Gasteiger partial charge in [-0.2, -0.15) is 0 Å². The Morgan fingerprint density at radius 3 is 2.71 bits per heavy atom. The smallest absolute Gasteiger partial charge is 0.00115 e. The molecule has 0 bridgehead atoms. The molecule has 14 heavy (non-hydrogen) atoms. The Morgan fingerprint density at radius 2 is 2.14 bits per heavy atom. The van der Waals surface area contributed by atoms with E-state index < -0.39 is 0 Å². The highest BCUT2D eigenvalue weighted by Crippen LogP contribution is 2.81. The molecule has 0 aromatic carbocycles. The van der Waals surface area contributed by atoms with Gasteiger partial charge in [-0.15, -0.1) is 0 Å². The van der Waals surface area contributed by atoms with E-state index in [2.05, 4.69) is 33.8 Å². The van der Waals surface area contributed by atoms with Crippen LogP contribution < -0.4 is 0 Å². The summed E-state index contributed by atoms with van der Waals surface area (Å²) in [6, 6.07) is 0. The van der Waals surface area contributed by atoms with Crippen LogP contribution in [-0.2, 0) is 0 Å². The maximum atomic E-state index is 2.52. The van der Waals surface area contributed by atoms with E-state index in [9.17, 15) is 0 Å². The van der Waals surface area contributed by atoms with Crippen molar-refractivity contribution in [3.8, 4) is 0 Å². The highest BCUT2D eigenvalue weighted by Gasteiger charge is 2.72. The second-order valence-electron chi connectivity index (χ2n) is 5.50. The lowest BCUT2D eigenvalue weighted by molar-refractivity contribution is 0.336. The molecule has 0 nitrogen and oxygen atoms in total. The normalized spacial score (nSPS) is 48.3. The van der Waals surface area contributed by atoms with E-state index in [1.54, 1.807) is 0 Å². The van der Waals surface area contributed by atoms with Crippen LogP contribution in [0.1, 0.15) is 59.8 Å². The van der Waals surface area contributed by atoms with E-state index in [0.29, 0.717) is 10.8 Å². The minimum Gasteiger partial charge on any atom is -0.0844 e. The molecule has 0 heterocycles. The first kappa shape index (κ1) is 10.3. The quantitative estimate of drug-likeness (QED) is 0.575. The summed E-state index contributed by atoms with van der Waals surface area (Å²) in [4.78, 5) is 0. The van der Waals surface area contributed by atoms with Gasteiger partial charge in [0.1, 0.15) is 0 Å². The van der Waals surface area contributed by atoms with Crippen molar-refractivity contribution < 1.29 is 0 Å². The van der Waals surface area contributed by atoms with Gasteiger partial charge in [-0.25, -0.2) is 0 Å². The van der Waals surface area contributed by atoms with Crippen molar-refractivity contribution in [2.45, 2.75) is 59.8 Å². The zero-order valence-corrected chi connectivity index (χ0v) is 10.2. The molecule has 3 unspecified atom stereocenters. The van der Waals surface area contributed by atoms with Crippen LogP contribution >= 0.6 is 0 Å². The van der Waals surface area contributed by atoms with Crippen molar-refractivity contribution >= 4 is 0 Å². The molecule has 80 valence electrons. The molecule has 0 N–H and O–H groups in total. The molecule has 0 aromatic heterocycles. The van der Waals surface area contributed by atoms with Gasteiger partial charge in [-0.05, 0) is 31.6 Å². The summed E-state index contributed by atoms with van der Waals surface area (Å²) in [5, 5.41) is 0. The van der Waals surface area contributed by atoms with Gasteiger partial charge in [0.2, 0.25) is 0 Å². The van der Waals surface area contributed by atoms with Gasteiger partial charge in [0, 0.05) is 10.8 Å². The van der Waals surface area contributed by atoms with Crippen LogP contribution in [0.4, 0.5) is 0 Å². The number of rotatable bonds is 3. The standard InChI is InChI=1S/C14H24/c1-5-7-12-13(4)11(3)8-10-14(12,13)9-6-2/h7,11H,5-6,8-10H2,1-4H3. The fourth-order valence-corrected chi connectivity index (χ4v) is 4.16. The Morgan fingerprint density at radius 1 is 1.43 bits per heavy atom. The number of fused-ring (bicyclic) bond motifs is 1. The summed E-state index contributed by atoms with van der Waals surface area (Å²) in [5.41, 5.74) is 3.06. The van der Waals surface area contributed by atoms with Crippen molar-refractivity contribution in [2.24, 2.45) is 16.7 Å². The lowest BCUT2D eigenvalue weighted by atomic mass is 9.89. The number of hydrogen-bond donors (Lipinski definition) is 0. The summed E-state index contributed by atoms with van der Waals surface area (Å²) in [6.45, 7) is 9.57. The average molecular weight is 192 g/mol. The fourth-order valence-electron chi connectivity index (χ4n) is 4.16. The molecule has 2 aliphatic rings. The van der Waals surface area contributed by atoms with Gasteiger partial charge in [0.25, 0.3) is 0 Å². The molecule has 0 amide bonds. The Labute approximate surface area is 88.8 Å². The van der Waals surface area contributed by atoms with Gasteiger partial charge in [-0.1, -0.05) is 45.8 Å². The molecule has 0 radical (unpaired) electrons. The topological polar surface area (TPSA) is 0 Å². The van der Waals surface area contributed by atoms with E-state index in [4.69, 9.17) is 0 Å². The molecule has 2 fully saturated rings. The number of allylic oxidation sites excluding steroid dienone is 2. The van der Waals surface area contributed by atoms with Gasteiger partial charge in [0.05, 0.1) is 0 Å². The summed E-state index contributed by atoms with van der Waals surface area (Å²) in [5.74, 6) is 0.923. The first-order valence-corrected chi connectivity index (χ1v) is 6.34. The highest BCUT2D eigenvalue weighted by molar-refractivity contribution is 5.48. The van der Waals surface area contributed by atoms with Crippen molar-refractivity contribution in [3.63, 3.8) is 0 Å². The van der Waals surface area contributed by atoms with Gasteiger partial charge in [-0.3, -0.25) is 0 Å². The van der Waals surface area contributed by atoms with Gasteiger partial charge < -0.3 is 0 Å². The monoisotopic (exact) mass is 192 g/mol. The SMILES string of the molecule is CCC=C1C2(CCC)CCC(C)C12C. The van der Waals surface area contributed by atoms with Crippen LogP contribution in [0.2, 0.25) is 0 Å². The van der Waals surface area contributed by atoms with E-state index in [0.717, 1.165) is 5.92 Å². The van der Waals surface area contributed by atoms with Crippen LogP contribution in [0, 0.1) is 16.7 Å². The third-order valence-electron chi connectivity index (χ3n) is 5.08. The summed E-state index contributed by atoms with van der Waals surface area (Å²) < 4.78 is 0. The minimum absolute atomic E-state index is 0.596. The Bertz CT molecular complexity index is 259. The maximum Gasteiger partial charge on any atom is 0.00115 e. The van der Waals surface area contributed by atoms with E-state index in [1.165, 1.54) is 32.1 Å². The molecule has 2 saturated carbocycles. The lowest BCUT2D eigenvalue weighted by Gasteiger charge is -2.14. The molecule has 0 saturated heterocycles. The molecule has 0 aliphatic heterocycles. The molecule has 0 heteroatoms. The van der Waals surface area contributed by atoms with E-state index in [1.807, 2.05) is 5.57 Å². The summed E-state index contributed by atoms with van der Waals surface area (Å²) in [6.07, 6.45) is 9.44. The van der Waals surface area contributed by atoms with Gasteiger partial charge >= 0.3 is 0 Å². The molecule has 2 aliphatic carbocycles. The Kier molecular flexibility index (Phi) is 2.28. The minimum atomic E-state index is 0.596. The molecular formula is C14H24. The lowest BCUT2D eigenvalue weighted by Crippen LogP contribution is -2.08. The van der Waals surface area contributed by atoms with Crippen molar-refractivity contribution in [1.29, 1.82) is 0 Å². The van der Waals surface area contributed by atoms with Crippen LogP contribution in [0.3, 0.4) is 0 Å². The first-order valence-electron chi connectivity index (χ1n) is 6.34. The molecular weight excluding hydrogens is 168 g/mol. The fraction of sp³-hybridized carbons (Fsp3) is 0.857. The third-order valence-corrected chi connectivity index (χ3v) is 5.08. The predicted octanol–water partition coefficient (Wildman–Crippen LogP) is 4.56. The summed E-state index contributed by atoms with van der Waals surface area (Å²) in [7, 11) is 0. The molecule has 0 aromatic rings. The van der Waals surface area contributed by atoms with Crippen LogP contribution in [0.5, 0.6) is 0 Å². The molecule has 2 rings (SSSR count). The molecule has 3 atom stereocenters. The molecule has 0 spiro atoms. The van der Waals surface area contributed by atoms with Gasteiger partial charge in [0.15, 0.2) is 0 Å². The van der Waals surface area contributed by atoms with Crippen LogP contribution in [0.25, 0.3) is 0 Å². The second-order valence-corrected chi connectivity index (χ2v) is 5.50. The Balaban J connectivity index is 2.28. The predicted molar refractivity (Wildman–Crippen MR) is 62.2 cm³/mol. The zero-order valence-electron chi connectivity index (χ0n) is 10.2. The third kappa shape index (κ3) is 0.951. The summed E-state index contributed by atoms with van der Waals surface area (Å²) >= 11 is 0. The number of hydrogen-bond acceptors (Lipinski definition) is 0. The Hall–Kier alpha value is -0.260. The first-order chi connectivity index (χ1) is 6.63. The van der Waals surface area contributed by atoms with Crippen molar-refractivity contribution in [2.75, 3.05) is 0 Å².